The van der Waals surface area contributed by atoms with Crippen LogP contribution >= 0.6 is 0 Å². The van der Waals surface area contributed by atoms with Crippen LogP contribution in [-0.2, 0) is 17.8 Å². The van der Waals surface area contributed by atoms with Gasteiger partial charge >= 0.3 is 0 Å². The molecule has 0 spiro atoms. The Labute approximate surface area is 88.4 Å². The third-order valence-electron chi connectivity index (χ3n) is 2.71. The van der Waals surface area contributed by atoms with Crippen LogP contribution in [0.1, 0.15) is 31.5 Å². The van der Waals surface area contributed by atoms with Crippen molar-refractivity contribution in [1.82, 2.24) is 10.1 Å². The van der Waals surface area contributed by atoms with E-state index in [0.717, 1.165) is 25.9 Å². The van der Waals surface area contributed by atoms with Gasteiger partial charge in [-0.15, -0.1) is 0 Å². The summed E-state index contributed by atoms with van der Waals surface area (Å²) in [4.78, 5) is 4.05. The van der Waals surface area contributed by atoms with Crippen LogP contribution in [0.3, 0.4) is 0 Å². The van der Waals surface area contributed by atoms with E-state index in [-0.39, 0.29) is 6.61 Å². The number of aliphatic hydroxyl groups is 1. The lowest BCUT2D eigenvalue weighted by molar-refractivity contribution is -0.0258. The van der Waals surface area contributed by atoms with Gasteiger partial charge in [-0.05, 0) is 25.7 Å². The van der Waals surface area contributed by atoms with Crippen molar-refractivity contribution in [2.75, 3.05) is 6.61 Å². The molecule has 0 aliphatic heterocycles. The van der Waals surface area contributed by atoms with E-state index < -0.39 is 0 Å². The molecule has 5 heteroatoms. The molecule has 1 aliphatic rings. The van der Waals surface area contributed by atoms with Gasteiger partial charge in [-0.1, -0.05) is 5.16 Å². The smallest absolute Gasteiger partial charge is 0.227 e. The van der Waals surface area contributed by atoms with E-state index in [4.69, 9.17) is 14.4 Å². The minimum Gasteiger partial charge on any atom is -0.388 e. The number of hydrogen-bond donors (Lipinski definition) is 1. The molecule has 0 amide bonds. The predicted octanol–water partition coefficient (Wildman–Crippen LogP) is 0.919. The van der Waals surface area contributed by atoms with E-state index in [1.54, 1.807) is 0 Å². The highest BCUT2D eigenvalue weighted by atomic mass is 16.5. The van der Waals surface area contributed by atoms with Crippen LogP contribution in [0.4, 0.5) is 0 Å². The highest BCUT2D eigenvalue weighted by molar-refractivity contribution is 4.91. The molecule has 0 radical (unpaired) electrons. The van der Waals surface area contributed by atoms with Crippen LogP contribution in [0, 0.1) is 5.92 Å². The van der Waals surface area contributed by atoms with E-state index in [1.807, 2.05) is 6.92 Å². The minimum atomic E-state index is -0.157. The Hall–Kier alpha value is -0.940. The molecule has 0 bridgehead atoms. The molecule has 5 nitrogen and oxygen atoms in total. The lowest BCUT2D eigenvalue weighted by atomic mass is 9.80. The predicted molar refractivity (Wildman–Crippen MR) is 52.1 cm³/mol. The standard InChI is InChI=1S/C10H16N2O3/c1-2-14-8-3-7(4-8)5-10-11-9(6-13)12-15-10/h7-8,13H,2-6H2,1H3. The molecule has 1 heterocycles. The Morgan fingerprint density at radius 1 is 1.53 bits per heavy atom. The van der Waals surface area contributed by atoms with E-state index >= 15 is 0 Å². The number of aliphatic hydroxyl groups excluding tert-OH is 1. The van der Waals surface area contributed by atoms with Crippen molar-refractivity contribution in [3.05, 3.63) is 11.7 Å². The van der Waals surface area contributed by atoms with Gasteiger partial charge in [0.15, 0.2) is 5.82 Å². The third kappa shape index (κ3) is 2.54. The second-order valence-electron chi connectivity index (χ2n) is 3.88. The van der Waals surface area contributed by atoms with Gasteiger partial charge in [-0.3, -0.25) is 0 Å². The van der Waals surface area contributed by atoms with Crippen molar-refractivity contribution in [2.24, 2.45) is 5.92 Å². The first-order valence-corrected chi connectivity index (χ1v) is 5.35. The summed E-state index contributed by atoms with van der Waals surface area (Å²) in [5.74, 6) is 1.58. The number of nitrogens with zero attached hydrogens (tertiary/aromatic N) is 2. The van der Waals surface area contributed by atoms with E-state index in [1.165, 1.54) is 0 Å². The van der Waals surface area contributed by atoms with E-state index in [2.05, 4.69) is 10.1 Å². The molecule has 0 saturated heterocycles. The maximum absolute atomic E-state index is 8.76. The Bertz CT molecular complexity index is 307. The van der Waals surface area contributed by atoms with Gasteiger partial charge in [-0.2, -0.15) is 4.98 Å². The van der Waals surface area contributed by atoms with Crippen LogP contribution in [-0.4, -0.2) is 28.0 Å². The molecule has 1 aromatic rings. The van der Waals surface area contributed by atoms with Crippen LogP contribution in [0.25, 0.3) is 0 Å². The molecule has 2 rings (SSSR count). The summed E-state index contributed by atoms with van der Waals surface area (Å²) in [6.45, 7) is 2.64. The van der Waals surface area contributed by atoms with Gasteiger partial charge < -0.3 is 14.4 Å². The molecule has 84 valence electrons. The fourth-order valence-electron chi connectivity index (χ4n) is 1.90. The normalized spacial score (nSPS) is 25.2. The molecule has 0 unspecified atom stereocenters. The molecule has 0 aromatic carbocycles. The summed E-state index contributed by atoms with van der Waals surface area (Å²) in [5.41, 5.74) is 0. The highest BCUT2D eigenvalue weighted by Gasteiger charge is 2.30. The molecule has 1 N–H and O–H groups in total. The van der Waals surface area contributed by atoms with Crippen molar-refractivity contribution in [2.45, 2.75) is 38.9 Å². The minimum absolute atomic E-state index is 0.157. The molecule has 0 atom stereocenters. The largest absolute Gasteiger partial charge is 0.388 e. The average molecular weight is 212 g/mol. The lowest BCUT2D eigenvalue weighted by Crippen LogP contribution is -2.32. The van der Waals surface area contributed by atoms with Crippen molar-refractivity contribution in [3.8, 4) is 0 Å². The summed E-state index contributed by atoms with van der Waals surface area (Å²) in [6, 6.07) is 0. The zero-order valence-corrected chi connectivity index (χ0v) is 8.85. The van der Waals surface area contributed by atoms with Crippen LogP contribution < -0.4 is 0 Å². The fraction of sp³-hybridized carbons (Fsp3) is 0.800. The zero-order valence-electron chi connectivity index (χ0n) is 8.85. The summed E-state index contributed by atoms with van der Waals surface area (Å²) in [6.07, 6.45) is 3.37. The first-order valence-electron chi connectivity index (χ1n) is 5.35. The third-order valence-corrected chi connectivity index (χ3v) is 2.71. The average Bonchev–Trinajstić information content (AvgIpc) is 2.62. The fourth-order valence-corrected chi connectivity index (χ4v) is 1.90. The maximum Gasteiger partial charge on any atom is 0.227 e. The molecular weight excluding hydrogens is 196 g/mol. The second-order valence-corrected chi connectivity index (χ2v) is 3.88. The highest BCUT2D eigenvalue weighted by Crippen LogP contribution is 2.32. The number of ether oxygens (including phenoxy) is 1. The summed E-state index contributed by atoms with van der Waals surface area (Å²) < 4.78 is 10.5. The monoisotopic (exact) mass is 212 g/mol. The molecule has 1 saturated carbocycles. The Kier molecular flexibility index (Phi) is 3.33. The van der Waals surface area contributed by atoms with Crippen LogP contribution in [0.15, 0.2) is 4.52 Å². The number of rotatable bonds is 5. The van der Waals surface area contributed by atoms with Crippen molar-refractivity contribution >= 4 is 0 Å². The molecule has 1 aromatic heterocycles. The molecule has 1 fully saturated rings. The van der Waals surface area contributed by atoms with Crippen molar-refractivity contribution in [1.29, 1.82) is 0 Å². The second kappa shape index (κ2) is 4.72. The number of aromatic nitrogens is 2. The summed E-state index contributed by atoms with van der Waals surface area (Å²) >= 11 is 0. The molecule has 15 heavy (non-hydrogen) atoms. The quantitative estimate of drug-likeness (QED) is 0.786. The summed E-state index contributed by atoms with van der Waals surface area (Å²) in [5, 5.41) is 12.4. The van der Waals surface area contributed by atoms with Crippen LogP contribution in [0.2, 0.25) is 0 Å². The summed E-state index contributed by atoms with van der Waals surface area (Å²) in [7, 11) is 0. The van der Waals surface area contributed by atoms with Gasteiger partial charge in [-0.25, -0.2) is 0 Å². The van der Waals surface area contributed by atoms with Crippen molar-refractivity contribution < 1.29 is 14.4 Å². The van der Waals surface area contributed by atoms with E-state index in [0.29, 0.717) is 23.7 Å². The number of hydrogen-bond acceptors (Lipinski definition) is 5. The molecule has 1 aliphatic carbocycles. The van der Waals surface area contributed by atoms with Gasteiger partial charge in [0.25, 0.3) is 0 Å². The molecular formula is C10H16N2O3. The SMILES string of the molecule is CCOC1CC(Cc2nc(CO)no2)C1. The van der Waals surface area contributed by atoms with Crippen LogP contribution in [0.5, 0.6) is 0 Å². The maximum atomic E-state index is 8.76. The lowest BCUT2D eigenvalue weighted by Gasteiger charge is -2.33. The Morgan fingerprint density at radius 2 is 2.33 bits per heavy atom. The van der Waals surface area contributed by atoms with Crippen molar-refractivity contribution in [3.63, 3.8) is 0 Å². The van der Waals surface area contributed by atoms with Gasteiger partial charge in [0.05, 0.1) is 6.10 Å². The first-order chi connectivity index (χ1) is 7.31. The first kappa shape index (κ1) is 10.6. The van der Waals surface area contributed by atoms with Gasteiger partial charge in [0.2, 0.25) is 5.89 Å². The Morgan fingerprint density at radius 3 is 2.93 bits per heavy atom. The van der Waals surface area contributed by atoms with Gasteiger partial charge in [0.1, 0.15) is 6.61 Å². The zero-order chi connectivity index (χ0) is 10.7. The van der Waals surface area contributed by atoms with Gasteiger partial charge in [0, 0.05) is 13.0 Å². The van der Waals surface area contributed by atoms with E-state index in [9.17, 15) is 0 Å². The Balaban J connectivity index is 1.75. The topological polar surface area (TPSA) is 68.4 Å².